The summed E-state index contributed by atoms with van der Waals surface area (Å²) in [6.07, 6.45) is 5.73. The van der Waals surface area contributed by atoms with Gasteiger partial charge in [0.1, 0.15) is 0 Å². The number of amides is 1. The van der Waals surface area contributed by atoms with E-state index >= 15 is 0 Å². The van der Waals surface area contributed by atoms with Gasteiger partial charge in [-0.1, -0.05) is 6.08 Å². The van der Waals surface area contributed by atoms with Gasteiger partial charge in [-0.25, -0.2) is 17.2 Å². The van der Waals surface area contributed by atoms with Crippen LogP contribution in [-0.2, 0) is 20.0 Å². The van der Waals surface area contributed by atoms with E-state index in [1.165, 1.54) is 6.26 Å². The average molecular weight is 500 g/mol. The van der Waals surface area contributed by atoms with E-state index in [1.54, 1.807) is 35.4 Å². The van der Waals surface area contributed by atoms with Crippen LogP contribution in [0.4, 0.5) is 14.5 Å². The molecule has 0 bridgehead atoms. The Morgan fingerprint density at radius 3 is 2.57 bits per heavy atom. The maximum atomic E-state index is 14.1. The largest absolute Gasteiger partial charge is 0.358 e. The number of carbonyl (C=O) groups is 1. The van der Waals surface area contributed by atoms with Crippen LogP contribution in [-0.4, -0.2) is 56.6 Å². The SMILES string of the molecule is CC1(C)C(=O)N(CCN2CC=C(c3c[nH]c4c(F)c(F)ccc34)CC2)c2ccc(S(C)(=O)=O)cc21. The Morgan fingerprint density at radius 1 is 1.11 bits per heavy atom. The molecule has 184 valence electrons. The van der Waals surface area contributed by atoms with Crippen LogP contribution in [0.3, 0.4) is 0 Å². The van der Waals surface area contributed by atoms with Crippen LogP contribution in [0.15, 0.2) is 47.5 Å². The zero-order chi connectivity index (χ0) is 25.1. The zero-order valence-corrected chi connectivity index (χ0v) is 20.7. The van der Waals surface area contributed by atoms with E-state index in [-0.39, 0.29) is 16.3 Å². The quantitative estimate of drug-likeness (QED) is 0.569. The molecule has 0 radical (unpaired) electrons. The standard InChI is InChI=1S/C26H27F2N3O3S/c1-26(2)20-14-17(35(3,33)34)4-7-22(20)31(25(26)32)13-12-30-10-8-16(9-11-30)19-15-29-24-18(19)5-6-21(27)23(24)28/h4-8,14-15,29H,9-13H2,1-3H3. The Labute approximate surface area is 203 Å². The molecule has 0 saturated heterocycles. The van der Waals surface area contributed by atoms with Crippen molar-refractivity contribution in [1.29, 1.82) is 0 Å². The minimum absolute atomic E-state index is 0.0422. The van der Waals surface area contributed by atoms with Gasteiger partial charge in [-0.3, -0.25) is 9.69 Å². The second-order valence-corrected chi connectivity index (χ2v) is 11.8. The number of benzene rings is 2. The Balaban J connectivity index is 1.31. The summed E-state index contributed by atoms with van der Waals surface area (Å²) in [7, 11) is -3.37. The molecule has 35 heavy (non-hydrogen) atoms. The maximum absolute atomic E-state index is 14.1. The van der Waals surface area contributed by atoms with Crippen LogP contribution in [0, 0.1) is 11.6 Å². The van der Waals surface area contributed by atoms with Gasteiger partial charge in [0.25, 0.3) is 0 Å². The van der Waals surface area contributed by atoms with Crippen molar-refractivity contribution in [2.45, 2.75) is 30.6 Å². The van der Waals surface area contributed by atoms with E-state index in [4.69, 9.17) is 0 Å². The van der Waals surface area contributed by atoms with Gasteiger partial charge in [-0.2, -0.15) is 0 Å². The van der Waals surface area contributed by atoms with Gasteiger partial charge < -0.3 is 9.88 Å². The number of anilines is 1. The third-order valence-corrected chi connectivity index (χ3v) is 8.28. The molecule has 2 aromatic carbocycles. The molecule has 0 fully saturated rings. The van der Waals surface area contributed by atoms with E-state index in [1.807, 2.05) is 13.8 Å². The second-order valence-electron chi connectivity index (χ2n) is 9.80. The van der Waals surface area contributed by atoms with Gasteiger partial charge in [-0.15, -0.1) is 0 Å². The molecule has 9 heteroatoms. The van der Waals surface area contributed by atoms with Crippen LogP contribution in [0.25, 0.3) is 16.5 Å². The molecule has 3 aromatic rings. The topological polar surface area (TPSA) is 73.5 Å². The third-order valence-electron chi connectivity index (χ3n) is 7.17. The normalized spacial score (nSPS) is 18.3. The van der Waals surface area contributed by atoms with Crippen molar-refractivity contribution in [2.75, 3.05) is 37.3 Å². The molecular formula is C26H27F2N3O3S. The lowest BCUT2D eigenvalue weighted by Gasteiger charge is -2.29. The molecule has 1 N–H and O–H groups in total. The maximum Gasteiger partial charge on any atom is 0.237 e. The van der Waals surface area contributed by atoms with Crippen molar-refractivity contribution < 1.29 is 22.0 Å². The summed E-state index contributed by atoms with van der Waals surface area (Å²) < 4.78 is 51.6. The van der Waals surface area contributed by atoms with Gasteiger partial charge >= 0.3 is 0 Å². The van der Waals surface area contributed by atoms with Crippen LogP contribution in [0.5, 0.6) is 0 Å². The fourth-order valence-corrected chi connectivity index (χ4v) is 5.72. The second kappa shape index (κ2) is 8.27. The number of rotatable bonds is 5. The molecule has 1 aromatic heterocycles. The number of aromatic amines is 1. The van der Waals surface area contributed by atoms with Crippen molar-refractivity contribution in [3.05, 3.63) is 65.4 Å². The Bertz CT molecular complexity index is 1490. The summed E-state index contributed by atoms with van der Waals surface area (Å²) in [4.78, 5) is 20.2. The van der Waals surface area contributed by atoms with Crippen molar-refractivity contribution in [2.24, 2.45) is 0 Å². The predicted molar refractivity (Wildman–Crippen MR) is 132 cm³/mol. The lowest BCUT2D eigenvalue weighted by Crippen LogP contribution is -2.42. The highest BCUT2D eigenvalue weighted by Gasteiger charge is 2.44. The monoisotopic (exact) mass is 499 g/mol. The number of nitrogens with zero attached hydrogens (tertiary/aromatic N) is 2. The fraction of sp³-hybridized carbons (Fsp3) is 0.346. The first-order valence-electron chi connectivity index (χ1n) is 11.5. The minimum Gasteiger partial charge on any atom is -0.358 e. The van der Waals surface area contributed by atoms with Gasteiger partial charge in [0.2, 0.25) is 5.91 Å². The first-order chi connectivity index (χ1) is 16.5. The van der Waals surface area contributed by atoms with Gasteiger partial charge in [0.15, 0.2) is 21.5 Å². The van der Waals surface area contributed by atoms with E-state index in [0.717, 1.165) is 41.4 Å². The number of nitrogens with one attached hydrogen (secondary N) is 1. The predicted octanol–water partition coefficient (Wildman–Crippen LogP) is 4.26. The molecule has 0 unspecified atom stereocenters. The number of fused-ring (bicyclic) bond motifs is 2. The molecule has 5 rings (SSSR count). The summed E-state index contributed by atoms with van der Waals surface area (Å²) in [5.74, 6) is -1.78. The van der Waals surface area contributed by atoms with Crippen LogP contribution in [0.1, 0.15) is 31.4 Å². The summed E-state index contributed by atoms with van der Waals surface area (Å²) in [5.41, 5.74) is 2.83. The number of aromatic nitrogens is 1. The van der Waals surface area contributed by atoms with E-state index in [2.05, 4.69) is 16.0 Å². The van der Waals surface area contributed by atoms with E-state index in [0.29, 0.717) is 25.0 Å². The summed E-state index contributed by atoms with van der Waals surface area (Å²) in [6.45, 7) is 6.25. The Hall–Kier alpha value is -3.04. The minimum atomic E-state index is -3.37. The molecular weight excluding hydrogens is 472 g/mol. The molecule has 6 nitrogen and oxygen atoms in total. The number of H-pyrrole nitrogens is 1. The highest BCUT2D eigenvalue weighted by Crippen LogP contribution is 2.42. The first kappa shape index (κ1) is 23.7. The zero-order valence-electron chi connectivity index (χ0n) is 19.9. The Morgan fingerprint density at radius 2 is 1.89 bits per heavy atom. The van der Waals surface area contributed by atoms with Gasteiger partial charge in [-0.05, 0) is 61.7 Å². The lowest BCUT2D eigenvalue weighted by molar-refractivity contribution is -0.122. The molecule has 0 aliphatic carbocycles. The van der Waals surface area contributed by atoms with E-state index in [9.17, 15) is 22.0 Å². The number of halogens is 2. The summed E-state index contributed by atoms with van der Waals surface area (Å²) in [6, 6.07) is 7.65. The number of carbonyl (C=O) groups excluding carboxylic acids is 1. The van der Waals surface area contributed by atoms with Crippen LogP contribution in [0.2, 0.25) is 0 Å². The van der Waals surface area contributed by atoms with Gasteiger partial charge in [0.05, 0.1) is 15.8 Å². The highest BCUT2D eigenvalue weighted by molar-refractivity contribution is 7.90. The van der Waals surface area contributed by atoms with Gasteiger partial charge in [0, 0.05) is 55.3 Å². The van der Waals surface area contributed by atoms with Crippen molar-refractivity contribution in [3.63, 3.8) is 0 Å². The molecule has 2 aliphatic rings. The fourth-order valence-electron chi connectivity index (χ4n) is 5.07. The number of sulfone groups is 1. The number of hydrogen-bond acceptors (Lipinski definition) is 4. The smallest absolute Gasteiger partial charge is 0.237 e. The Kier molecular flexibility index (Phi) is 5.60. The van der Waals surface area contributed by atoms with Crippen molar-refractivity contribution in [3.8, 4) is 0 Å². The van der Waals surface area contributed by atoms with E-state index < -0.39 is 26.9 Å². The molecule has 1 amide bonds. The molecule has 3 heterocycles. The molecule has 0 atom stereocenters. The van der Waals surface area contributed by atoms with Crippen molar-refractivity contribution in [1.82, 2.24) is 9.88 Å². The lowest BCUT2D eigenvalue weighted by atomic mass is 9.86. The third kappa shape index (κ3) is 3.96. The number of hydrogen-bond donors (Lipinski definition) is 1. The average Bonchev–Trinajstić information content (AvgIpc) is 3.33. The first-order valence-corrected chi connectivity index (χ1v) is 13.4. The highest BCUT2D eigenvalue weighted by atomic mass is 32.2. The molecule has 0 spiro atoms. The molecule has 0 saturated carbocycles. The molecule has 2 aliphatic heterocycles. The van der Waals surface area contributed by atoms with Crippen LogP contribution < -0.4 is 4.90 Å². The summed E-state index contributed by atoms with van der Waals surface area (Å²) >= 11 is 0. The summed E-state index contributed by atoms with van der Waals surface area (Å²) in [5, 5.41) is 0.665. The van der Waals surface area contributed by atoms with Crippen molar-refractivity contribution >= 4 is 37.9 Å². The van der Waals surface area contributed by atoms with Crippen LogP contribution >= 0.6 is 0 Å².